The molecule has 0 spiro atoms. The van der Waals surface area contributed by atoms with E-state index in [2.05, 4.69) is 12.2 Å². The van der Waals surface area contributed by atoms with Gasteiger partial charge in [-0.05, 0) is 24.7 Å². The van der Waals surface area contributed by atoms with E-state index in [1.807, 2.05) is 0 Å². The zero-order valence-corrected chi connectivity index (χ0v) is 9.75. The molecule has 0 aromatic rings. The molecule has 1 rings (SSSR count). The number of urea groups is 1. The second-order valence-electron chi connectivity index (χ2n) is 4.55. The summed E-state index contributed by atoms with van der Waals surface area (Å²) in [5, 5.41) is 11.6. The lowest BCUT2D eigenvalue weighted by Gasteiger charge is -2.20. The summed E-state index contributed by atoms with van der Waals surface area (Å²) in [4.78, 5) is 13.0. The Labute approximate surface area is 91.6 Å². The van der Waals surface area contributed by atoms with Crippen molar-refractivity contribution >= 4 is 6.03 Å². The Balaban J connectivity index is 2.22. The SMILES string of the molecule is CCCC1(CNC(=O)N(C)CCO)CC1. The van der Waals surface area contributed by atoms with E-state index in [4.69, 9.17) is 5.11 Å². The van der Waals surface area contributed by atoms with Gasteiger partial charge in [-0.2, -0.15) is 0 Å². The first-order valence-electron chi connectivity index (χ1n) is 5.73. The molecule has 2 N–H and O–H groups in total. The normalized spacial score (nSPS) is 17.3. The minimum absolute atomic E-state index is 0.0179. The summed E-state index contributed by atoms with van der Waals surface area (Å²) in [6, 6.07) is -0.0774. The summed E-state index contributed by atoms with van der Waals surface area (Å²) < 4.78 is 0. The summed E-state index contributed by atoms with van der Waals surface area (Å²) in [5.74, 6) is 0. The van der Waals surface area contributed by atoms with Crippen LogP contribution >= 0.6 is 0 Å². The molecule has 88 valence electrons. The third-order valence-electron chi connectivity index (χ3n) is 3.13. The van der Waals surface area contributed by atoms with Gasteiger partial charge in [-0.25, -0.2) is 4.79 Å². The van der Waals surface area contributed by atoms with Gasteiger partial charge < -0.3 is 15.3 Å². The highest BCUT2D eigenvalue weighted by Crippen LogP contribution is 2.48. The number of hydrogen-bond acceptors (Lipinski definition) is 2. The average Bonchev–Trinajstić information content (AvgIpc) is 2.96. The number of hydrogen-bond donors (Lipinski definition) is 2. The van der Waals surface area contributed by atoms with Crippen molar-refractivity contribution in [3.05, 3.63) is 0 Å². The van der Waals surface area contributed by atoms with Gasteiger partial charge in [0.25, 0.3) is 0 Å². The number of carbonyl (C=O) groups is 1. The molecule has 15 heavy (non-hydrogen) atoms. The Morgan fingerprint density at radius 2 is 2.20 bits per heavy atom. The molecule has 0 radical (unpaired) electrons. The zero-order valence-electron chi connectivity index (χ0n) is 9.75. The second kappa shape index (κ2) is 5.35. The van der Waals surface area contributed by atoms with Crippen LogP contribution in [0, 0.1) is 5.41 Å². The topological polar surface area (TPSA) is 52.6 Å². The van der Waals surface area contributed by atoms with Gasteiger partial charge in [-0.15, -0.1) is 0 Å². The van der Waals surface area contributed by atoms with Crippen molar-refractivity contribution in [1.82, 2.24) is 10.2 Å². The lowest BCUT2D eigenvalue weighted by atomic mass is 10.0. The smallest absolute Gasteiger partial charge is 0.317 e. The highest BCUT2D eigenvalue weighted by Gasteiger charge is 2.41. The van der Waals surface area contributed by atoms with Crippen LogP contribution in [0.4, 0.5) is 4.79 Å². The number of aliphatic hydroxyl groups is 1. The molecule has 0 bridgehead atoms. The average molecular weight is 214 g/mol. The monoisotopic (exact) mass is 214 g/mol. The van der Waals surface area contributed by atoms with Crippen LogP contribution in [-0.4, -0.2) is 42.8 Å². The lowest BCUT2D eigenvalue weighted by molar-refractivity contribution is 0.188. The van der Waals surface area contributed by atoms with Crippen molar-refractivity contribution in [2.75, 3.05) is 26.7 Å². The van der Waals surface area contributed by atoms with Crippen molar-refractivity contribution in [2.24, 2.45) is 5.41 Å². The van der Waals surface area contributed by atoms with Crippen molar-refractivity contribution in [2.45, 2.75) is 32.6 Å². The Kier molecular flexibility index (Phi) is 4.39. The molecule has 4 nitrogen and oxygen atoms in total. The van der Waals surface area contributed by atoms with Gasteiger partial charge in [-0.1, -0.05) is 13.3 Å². The first kappa shape index (κ1) is 12.3. The number of nitrogens with zero attached hydrogens (tertiary/aromatic N) is 1. The van der Waals surface area contributed by atoms with E-state index >= 15 is 0 Å². The quantitative estimate of drug-likeness (QED) is 0.698. The van der Waals surface area contributed by atoms with E-state index in [0.29, 0.717) is 12.0 Å². The Bertz CT molecular complexity index is 215. The summed E-state index contributed by atoms with van der Waals surface area (Å²) in [5.41, 5.74) is 0.393. The molecule has 0 unspecified atom stereocenters. The molecule has 2 amide bonds. The van der Waals surface area contributed by atoms with Crippen LogP contribution in [0.5, 0.6) is 0 Å². The van der Waals surface area contributed by atoms with E-state index < -0.39 is 0 Å². The predicted octanol–water partition coefficient (Wildman–Crippen LogP) is 1.20. The highest BCUT2D eigenvalue weighted by atomic mass is 16.3. The van der Waals surface area contributed by atoms with E-state index in [0.717, 1.165) is 6.54 Å². The first-order valence-corrected chi connectivity index (χ1v) is 5.73. The second-order valence-corrected chi connectivity index (χ2v) is 4.55. The minimum Gasteiger partial charge on any atom is -0.395 e. The molecule has 0 aliphatic heterocycles. The number of rotatable bonds is 6. The van der Waals surface area contributed by atoms with E-state index in [9.17, 15) is 4.79 Å². The number of carbonyl (C=O) groups excluding carboxylic acids is 1. The lowest BCUT2D eigenvalue weighted by Crippen LogP contribution is -2.41. The summed E-state index contributed by atoms with van der Waals surface area (Å²) >= 11 is 0. The fourth-order valence-electron chi connectivity index (χ4n) is 1.87. The van der Waals surface area contributed by atoms with Gasteiger partial charge in [0.1, 0.15) is 0 Å². The predicted molar refractivity (Wildman–Crippen MR) is 59.7 cm³/mol. The van der Waals surface area contributed by atoms with Gasteiger partial charge in [0.2, 0.25) is 0 Å². The molecule has 1 saturated carbocycles. The van der Waals surface area contributed by atoms with Gasteiger partial charge in [0.15, 0.2) is 0 Å². The molecule has 0 saturated heterocycles. The van der Waals surface area contributed by atoms with Crippen LogP contribution < -0.4 is 5.32 Å². The summed E-state index contributed by atoms with van der Waals surface area (Å²) in [7, 11) is 1.70. The van der Waals surface area contributed by atoms with Gasteiger partial charge >= 0.3 is 6.03 Å². The molecule has 1 aliphatic rings. The van der Waals surface area contributed by atoms with Crippen LogP contribution in [0.15, 0.2) is 0 Å². The largest absolute Gasteiger partial charge is 0.395 e. The molecule has 0 aromatic heterocycles. The van der Waals surface area contributed by atoms with Crippen molar-refractivity contribution in [3.63, 3.8) is 0 Å². The fourth-order valence-corrected chi connectivity index (χ4v) is 1.87. The van der Waals surface area contributed by atoms with E-state index in [-0.39, 0.29) is 12.6 Å². The van der Waals surface area contributed by atoms with Crippen molar-refractivity contribution in [1.29, 1.82) is 0 Å². The Morgan fingerprint density at radius 1 is 1.53 bits per heavy atom. The maximum Gasteiger partial charge on any atom is 0.317 e. The molecule has 1 aliphatic carbocycles. The van der Waals surface area contributed by atoms with Crippen LogP contribution in [0.3, 0.4) is 0 Å². The molecular weight excluding hydrogens is 192 g/mol. The van der Waals surface area contributed by atoms with Gasteiger partial charge in [-0.3, -0.25) is 0 Å². The highest BCUT2D eigenvalue weighted by molar-refractivity contribution is 5.73. The number of nitrogens with one attached hydrogen (secondary N) is 1. The molecule has 0 atom stereocenters. The zero-order chi connectivity index (χ0) is 11.3. The Morgan fingerprint density at radius 3 is 2.67 bits per heavy atom. The third kappa shape index (κ3) is 3.70. The fraction of sp³-hybridized carbons (Fsp3) is 0.909. The molecule has 0 heterocycles. The first-order chi connectivity index (χ1) is 7.13. The van der Waals surface area contributed by atoms with E-state index in [1.165, 1.54) is 30.6 Å². The standard InChI is InChI=1S/C11H22N2O2/c1-3-4-11(5-6-11)9-12-10(15)13(2)7-8-14/h14H,3-9H2,1-2H3,(H,12,15). The number of amides is 2. The molecule has 0 aromatic carbocycles. The number of aliphatic hydroxyl groups excluding tert-OH is 1. The molecular formula is C11H22N2O2. The number of likely N-dealkylation sites (N-methyl/N-ethyl adjacent to an activating group) is 1. The summed E-state index contributed by atoms with van der Waals surface area (Å²) in [6.07, 6.45) is 4.87. The van der Waals surface area contributed by atoms with Crippen molar-refractivity contribution < 1.29 is 9.90 Å². The van der Waals surface area contributed by atoms with E-state index in [1.54, 1.807) is 7.05 Å². The van der Waals surface area contributed by atoms with Crippen LogP contribution in [-0.2, 0) is 0 Å². The van der Waals surface area contributed by atoms with Crippen LogP contribution in [0.1, 0.15) is 32.6 Å². The minimum atomic E-state index is -0.0774. The van der Waals surface area contributed by atoms with Crippen LogP contribution in [0.25, 0.3) is 0 Å². The van der Waals surface area contributed by atoms with Crippen LogP contribution in [0.2, 0.25) is 0 Å². The van der Waals surface area contributed by atoms with Crippen molar-refractivity contribution in [3.8, 4) is 0 Å². The molecule has 1 fully saturated rings. The van der Waals surface area contributed by atoms with Gasteiger partial charge in [0.05, 0.1) is 6.61 Å². The summed E-state index contributed by atoms with van der Waals surface area (Å²) in [6.45, 7) is 3.38. The maximum absolute atomic E-state index is 11.5. The Hall–Kier alpha value is -0.770. The van der Waals surface area contributed by atoms with Gasteiger partial charge in [0, 0.05) is 20.1 Å². The molecule has 4 heteroatoms. The maximum atomic E-state index is 11.5. The third-order valence-corrected chi connectivity index (χ3v) is 3.13.